The molecule has 1 heterocycles. The molecule has 1 saturated heterocycles. The van der Waals surface area contributed by atoms with Crippen LogP contribution >= 0.6 is 11.6 Å². The third-order valence-corrected chi connectivity index (χ3v) is 3.68. The van der Waals surface area contributed by atoms with Crippen molar-refractivity contribution < 1.29 is 10.3 Å². The molecule has 0 saturated carbocycles. The lowest BCUT2D eigenvalue weighted by Crippen LogP contribution is -2.37. The van der Waals surface area contributed by atoms with Gasteiger partial charge in [-0.3, -0.25) is 4.90 Å². The molecule has 0 amide bonds. The topological polar surface area (TPSA) is 82.1 Å². The van der Waals surface area contributed by atoms with Gasteiger partial charge in [0.05, 0.1) is 6.10 Å². The molecule has 0 radical (unpaired) electrons. The van der Waals surface area contributed by atoms with E-state index in [9.17, 15) is 5.11 Å². The summed E-state index contributed by atoms with van der Waals surface area (Å²) in [6.07, 6.45) is 1.62. The van der Waals surface area contributed by atoms with Crippen LogP contribution < -0.4 is 5.73 Å². The van der Waals surface area contributed by atoms with E-state index in [1.807, 2.05) is 6.07 Å². The van der Waals surface area contributed by atoms with Gasteiger partial charge < -0.3 is 16.0 Å². The number of amidine groups is 1. The number of oxime groups is 1. The number of piperidine rings is 1. The SMILES string of the molecule is N/C(=N/O)c1ccc(CN2CCCC(O)C2)c(Cl)c1. The first-order valence-electron chi connectivity index (χ1n) is 6.27. The Morgan fingerprint density at radius 2 is 2.32 bits per heavy atom. The average Bonchev–Trinajstić information content (AvgIpc) is 2.40. The number of benzene rings is 1. The minimum Gasteiger partial charge on any atom is -0.409 e. The highest BCUT2D eigenvalue weighted by Gasteiger charge is 2.18. The molecule has 1 aromatic rings. The molecule has 19 heavy (non-hydrogen) atoms. The second-order valence-corrected chi connectivity index (χ2v) is 5.23. The van der Waals surface area contributed by atoms with Crippen LogP contribution in [0.15, 0.2) is 23.4 Å². The van der Waals surface area contributed by atoms with Crippen molar-refractivity contribution >= 4 is 17.4 Å². The molecule has 1 fully saturated rings. The third-order valence-electron chi connectivity index (χ3n) is 3.33. The summed E-state index contributed by atoms with van der Waals surface area (Å²) in [6, 6.07) is 5.33. The number of rotatable bonds is 3. The van der Waals surface area contributed by atoms with Crippen LogP contribution in [0.3, 0.4) is 0 Å². The van der Waals surface area contributed by atoms with Gasteiger partial charge in [0, 0.05) is 23.7 Å². The van der Waals surface area contributed by atoms with E-state index >= 15 is 0 Å². The summed E-state index contributed by atoms with van der Waals surface area (Å²) in [5.74, 6) is 0.0434. The van der Waals surface area contributed by atoms with Crippen LogP contribution in [0.25, 0.3) is 0 Å². The number of hydrogen-bond acceptors (Lipinski definition) is 4. The van der Waals surface area contributed by atoms with Crippen molar-refractivity contribution in [2.24, 2.45) is 10.9 Å². The molecule has 1 aliphatic rings. The average molecular weight is 284 g/mol. The highest BCUT2D eigenvalue weighted by Crippen LogP contribution is 2.21. The maximum atomic E-state index is 9.64. The lowest BCUT2D eigenvalue weighted by molar-refractivity contribution is 0.0668. The first-order chi connectivity index (χ1) is 9.10. The molecule has 0 aromatic heterocycles. The summed E-state index contributed by atoms with van der Waals surface area (Å²) >= 11 is 6.20. The second-order valence-electron chi connectivity index (χ2n) is 4.82. The third kappa shape index (κ3) is 3.59. The first-order valence-corrected chi connectivity index (χ1v) is 6.64. The molecule has 1 atom stereocenters. The maximum absolute atomic E-state index is 9.64. The Morgan fingerprint density at radius 3 is 2.95 bits per heavy atom. The molecule has 104 valence electrons. The lowest BCUT2D eigenvalue weighted by Gasteiger charge is -2.30. The van der Waals surface area contributed by atoms with Gasteiger partial charge in [-0.2, -0.15) is 0 Å². The van der Waals surface area contributed by atoms with Gasteiger partial charge in [0.25, 0.3) is 0 Å². The van der Waals surface area contributed by atoms with E-state index in [1.165, 1.54) is 0 Å². The Hall–Kier alpha value is -1.30. The predicted molar refractivity (Wildman–Crippen MR) is 74.5 cm³/mol. The van der Waals surface area contributed by atoms with Gasteiger partial charge in [0.2, 0.25) is 0 Å². The Morgan fingerprint density at radius 1 is 1.53 bits per heavy atom. The van der Waals surface area contributed by atoms with Crippen molar-refractivity contribution in [1.29, 1.82) is 0 Å². The number of β-amino-alcohol motifs (C(OH)–C–C–N with tert-alkyl or cyclic N) is 1. The van der Waals surface area contributed by atoms with E-state index in [0.717, 1.165) is 24.9 Å². The van der Waals surface area contributed by atoms with Gasteiger partial charge in [-0.1, -0.05) is 28.9 Å². The Kier molecular flexibility index (Phi) is 4.63. The van der Waals surface area contributed by atoms with Gasteiger partial charge in [-0.05, 0) is 31.0 Å². The summed E-state index contributed by atoms with van der Waals surface area (Å²) < 4.78 is 0. The number of aliphatic hydroxyl groups is 1. The number of nitrogens with zero attached hydrogens (tertiary/aromatic N) is 2. The Balaban J connectivity index is 2.09. The van der Waals surface area contributed by atoms with Crippen LogP contribution in [0.1, 0.15) is 24.0 Å². The van der Waals surface area contributed by atoms with Gasteiger partial charge >= 0.3 is 0 Å². The second kappa shape index (κ2) is 6.23. The van der Waals surface area contributed by atoms with Crippen LogP contribution in [0.2, 0.25) is 5.02 Å². The van der Waals surface area contributed by atoms with Gasteiger partial charge in [0.1, 0.15) is 0 Å². The van der Waals surface area contributed by atoms with Gasteiger partial charge in [-0.25, -0.2) is 0 Å². The number of nitrogens with two attached hydrogens (primary N) is 1. The molecule has 2 rings (SSSR count). The van der Waals surface area contributed by atoms with E-state index < -0.39 is 0 Å². The quantitative estimate of drug-likeness (QED) is 0.339. The van der Waals surface area contributed by atoms with E-state index in [4.69, 9.17) is 22.5 Å². The summed E-state index contributed by atoms with van der Waals surface area (Å²) in [5.41, 5.74) is 7.08. The number of hydrogen-bond donors (Lipinski definition) is 3. The number of halogens is 1. The highest BCUT2D eigenvalue weighted by atomic mass is 35.5. The van der Waals surface area contributed by atoms with Crippen molar-refractivity contribution in [3.05, 3.63) is 34.3 Å². The smallest absolute Gasteiger partial charge is 0.170 e. The van der Waals surface area contributed by atoms with Crippen molar-refractivity contribution in [2.75, 3.05) is 13.1 Å². The fraction of sp³-hybridized carbons (Fsp3) is 0.462. The Labute approximate surface area is 117 Å². The summed E-state index contributed by atoms with van der Waals surface area (Å²) in [4.78, 5) is 2.18. The molecule has 1 unspecified atom stereocenters. The van der Waals surface area contributed by atoms with Crippen LogP contribution in [0.4, 0.5) is 0 Å². The zero-order chi connectivity index (χ0) is 13.8. The van der Waals surface area contributed by atoms with Crippen molar-refractivity contribution in [2.45, 2.75) is 25.5 Å². The fourth-order valence-corrected chi connectivity index (χ4v) is 2.55. The monoisotopic (exact) mass is 283 g/mol. The minimum absolute atomic E-state index is 0.0434. The molecule has 0 aliphatic carbocycles. The molecular weight excluding hydrogens is 266 g/mol. The van der Waals surface area contributed by atoms with Crippen LogP contribution in [-0.4, -0.2) is 40.2 Å². The molecule has 5 nitrogen and oxygen atoms in total. The largest absolute Gasteiger partial charge is 0.409 e. The molecule has 0 bridgehead atoms. The van der Waals surface area contributed by atoms with Crippen LogP contribution in [0.5, 0.6) is 0 Å². The number of aliphatic hydroxyl groups excluding tert-OH is 1. The standard InChI is InChI=1S/C13H18ClN3O2/c14-12-6-9(13(15)16-19)3-4-10(12)7-17-5-1-2-11(18)8-17/h3-4,6,11,18-19H,1-2,5,7-8H2,(H2,15,16). The fourth-order valence-electron chi connectivity index (χ4n) is 2.31. The predicted octanol–water partition coefficient (Wildman–Crippen LogP) is 1.39. The van der Waals surface area contributed by atoms with Crippen molar-refractivity contribution in [3.8, 4) is 0 Å². The zero-order valence-corrected chi connectivity index (χ0v) is 11.3. The van der Waals surface area contributed by atoms with E-state index in [0.29, 0.717) is 23.7 Å². The van der Waals surface area contributed by atoms with Gasteiger partial charge in [-0.15, -0.1) is 0 Å². The van der Waals surface area contributed by atoms with Gasteiger partial charge in [0.15, 0.2) is 5.84 Å². The van der Waals surface area contributed by atoms with Crippen LogP contribution in [-0.2, 0) is 6.54 Å². The summed E-state index contributed by atoms with van der Waals surface area (Å²) in [5, 5.41) is 21.8. The molecule has 0 spiro atoms. The maximum Gasteiger partial charge on any atom is 0.170 e. The number of likely N-dealkylation sites (tertiary alicyclic amines) is 1. The van der Waals surface area contributed by atoms with E-state index in [2.05, 4.69) is 10.1 Å². The minimum atomic E-state index is -0.246. The lowest BCUT2D eigenvalue weighted by atomic mass is 10.1. The molecule has 1 aromatic carbocycles. The first kappa shape index (κ1) is 14.1. The zero-order valence-electron chi connectivity index (χ0n) is 10.6. The van der Waals surface area contributed by atoms with Crippen LogP contribution in [0, 0.1) is 0 Å². The van der Waals surface area contributed by atoms with E-state index in [1.54, 1.807) is 12.1 Å². The summed E-state index contributed by atoms with van der Waals surface area (Å²) in [7, 11) is 0. The highest BCUT2D eigenvalue weighted by molar-refractivity contribution is 6.31. The normalized spacial score (nSPS) is 21.6. The molecule has 1 aliphatic heterocycles. The summed E-state index contributed by atoms with van der Waals surface area (Å²) in [6.45, 7) is 2.35. The van der Waals surface area contributed by atoms with Crippen molar-refractivity contribution in [3.63, 3.8) is 0 Å². The molecule has 6 heteroatoms. The Bertz CT molecular complexity index is 479. The molecular formula is C13H18ClN3O2. The van der Waals surface area contributed by atoms with E-state index in [-0.39, 0.29) is 11.9 Å². The molecule has 4 N–H and O–H groups in total. The van der Waals surface area contributed by atoms with Crippen molar-refractivity contribution in [1.82, 2.24) is 4.90 Å².